The predicted molar refractivity (Wildman–Crippen MR) is 129 cm³/mol. The van der Waals surface area contributed by atoms with Gasteiger partial charge in [-0.2, -0.15) is 0 Å². The zero-order valence-corrected chi connectivity index (χ0v) is 19.0. The van der Waals surface area contributed by atoms with Crippen molar-refractivity contribution >= 4 is 22.6 Å². The van der Waals surface area contributed by atoms with E-state index in [2.05, 4.69) is 10.3 Å². The molecule has 7 nitrogen and oxygen atoms in total. The largest absolute Gasteiger partial charge is 0.494 e. The number of fused-ring (bicyclic) bond motifs is 1. The molecular formula is C26H23F2N5O2. The van der Waals surface area contributed by atoms with Gasteiger partial charge in [0.1, 0.15) is 28.7 Å². The molecule has 2 heterocycles. The molecule has 0 spiro atoms. The number of carbonyl (C=O) groups excluding carboxylic acids is 1. The first-order valence-electron chi connectivity index (χ1n) is 11.3. The predicted octanol–water partition coefficient (Wildman–Crippen LogP) is 4.71. The van der Waals surface area contributed by atoms with Crippen molar-refractivity contribution in [2.24, 2.45) is 11.7 Å². The summed E-state index contributed by atoms with van der Waals surface area (Å²) >= 11 is 0. The maximum atomic E-state index is 14.6. The van der Waals surface area contributed by atoms with Crippen molar-refractivity contribution in [3.8, 4) is 28.3 Å². The molecule has 1 saturated carbocycles. The number of halogens is 2. The number of primary amides is 1. The molecule has 1 aliphatic rings. The van der Waals surface area contributed by atoms with Crippen molar-refractivity contribution in [2.45, 2.75) is 25.3 Å². The number of hydrogen-bond donors (Lipinski definition) is 2. The van der Waals surface area contributed by atoms with E-state index >= 15 is 0 Å². The third-order valence-electron chi connectivity index (χ3n) is 6.35. The average molecular weight is 475 g/mol. The van der Waals surface area contributed by atoms with Crippen LogP contribution in [0.1, 0.15) is 19.3 Å². The Morgan fingerprint density at radius 2 is 1.97 bits per heavy atom. The quantitative estimate of drug-likeness (QED) is 0.419. The van der Waals surface area contributed by atoms with E-state index in [1.54, 1.807) is 30.6 Å². The highest BCUT2D eigenvalue weighted by atomic mass is 19.1. The number of pyridine rings is 1. The van der Waals surface area contributed by atoms with Crippen LogP contribution in [0.2, 0.25) is 0 Å². The highest BCUT2D eigenvalue weighted by Gasteiger charge is 2.32. The number of carbonyl (C=O) groups is 1. The topological polar surface area (TPSA) is 103 Å². The molecule has 0 radical (unpaired) electrons. The van der Waals surface area contributed by atoms with Crippen LogP contribution >= 0.6 is 0 Å². The van der Waals surface area contributed by atoms with E-state index in [-0.39, 0.29) is 23.4 Å². The van der Waals surface area contributed by atoms with Gasteiger partial charge in [0.2, 0.25) is 5.91 Å². The molecule has 178 valence electrons. The molecule has 4 aromatic rings. The third-order valence-corrected chi connectivity index (χ3v) is 6.35. The van der Waals surface area contributed by atoms with Gasteiger partial charge in [0.25, 0.3) is 0 Å². The summed E-state index contributed by atoms with van der Waals surface area (Å²) in [5.41, 5.74) is 7.53. The fourth-order valence-electron chi connectivity index (χ4n) is 4.62. The minimum atomic E-state index is -0.696. The van der Waals surface area contributed by atoms with Crippen LogP contribution in [0.4, 0.5) is 14.6 Å². The van der Waals surface area contributed by atoms with Crippen LogP contribution in [0.15, 0.2) is 54.9 Å². The standard InChI is InChI=1S/C26H23F2N5O2/c1-35-22-11-15(17-8-7-16(27)12-20(17)28)10-19-23(22)32-25(14-4-3-9-30-13-14)33-26(19)31-21-6-2-5-18(21)24(29)34/h3-4,7-13,18,21H,2,5-6H2,1H3,(H2,29,34)(H,31,32,33). The second kappa shape index (κ2) is 9.25. The number of hydrogen-bond acceptors (Lipinski definition) is 6. The molecular weight excluding hydrogens is 452 g/mol. The van der Waals surface area contributed by atoms with Gasteiger partial charge in [0.15, 0.2) is 5.82 Å². The van der Waals surface area contributed by atoms with Crippen LogP contribution in [-0.4, -0.2) is 34.0 Å². The van der Waals surface area contributed by atoms with E-state index in [4.69, 9.17) is 20.4 Å². The molecule has 2 unspecified atom stereocenters. The van der Waals surface area contributed by atoms with Crippen molar-refractivity contribution in [1.82, 2.24) is 15.0 Å². The number of aromatic nitrogens is 3. The minimum Gasteiger partial charge on any atom is -0.494 e. The van der Waals surface area contributed by atoms with Crippen LogP contribution in [0.5, 0.6) is 5.75 Å². The zero-order valence-electron chi connectivity index (χ0n) is 19.0. The van der Waals surface area contributed by atoms with E-state index in [9.17, 15) is 13.6 Å². The number of anilines is 1. The number of ether oxygens (including phenoxy) is 1. The van der Waals surface area contributed by atoms with Gasteiger partial charge >= 0.3 is 0 Å². The second-order valence-electron chi connectivity index (χ2n) is 8.53. The van der Waals surface area contributed by atoms with Gasteiger partial charge in [0, 0.05) is 41.0 Å². The Kier molecular flexibility index (Phi) is 5.98. The molecule has 9 heteroatoms. The SMILES string of the molecule is COc1cc(-c2ccc(F)cc2F)cc2c(NC3CCCC3C(N)=O)nc(-c3cccnc3)nc12. The Morgan fingerprint density at radius 3 is 2.69 bits per heavy atom. The van der Waals surface area contributed by atoms with Crippen molar-refractivity contribution < 1.29 is 18.3 Å². The first-order chi connectivity index (χ1) is 16.9. The van der Waals surface area contributed by atoms with Gasteiger partial charge in [-0.1, -0.05) is 6.42 Å². The first kappa shape index (κ1) is 22.6. The lowest BCUT2D eigenvalue weighted by molar-refractivity contribution is -0.121. The molecule has 1 fully saturated rings. The number of rotatable bonds is 6. The van der Waals surface area contributed by atoms with Crippen molar-refractivity contribution in [3.05, 3.63) is 66.5 Å². The van der Waals surface area contributed by atoms with E-state index in [1.807, 2.05) is 6.07 Å². The lowest BCUT2D eigenvalue weighted by atomic mass is 10.0. The third kappa shape index (κ3) is 4.37. The number of nitrogens with one attached hydrogen (secondary N) is 1. The van der Waals surface area contributed by atoms with Gasteiger partial charge in [-0.25, -0.2) is 18.7 Å². The van der Waals surface area contributed by atoms with Gasteiger partial charge in [-0.05, 0) is 54.8 Å². The molecule has 5 rings (SSSR count). The van der Waals surface area contributed by atoms with Gasteiger partial charge in [-0.15, -0.1) is 0 Å². The summed E-state index contributed by atoms with van der Waals surface area (Å²) < 4.78 is 33.8. The fourth-order valence-corrected chi connectivity index (χ4v) is 4.62. The van der Waals surface area contributed by atoms with Gasteiger partial charge in [-0.3, -0.25) is 9.78 Å². The summed E-state index contributed by atoms with van der Waals surface area (Å²) in [6.45, 7) is 0. The highest BCUT2D eigenvalue weighted by molar-refractivity contribution is 5.98. The van der Waals surface area contributed by atoms with Gasteiger partial charge in [0.05, 0.1) is 13.0 Å². The van der Waals surface area contributed by atoms with Crippen LogP contribution in [-0.2, 0) is 4.79 Å². The zero-order chi connectivity index (χ0) is 24.5. The maximum Gasteiger partial charge on any atom is 0.222 e. The summed E-state index contributed by atoms with van der Waals surface area (Å²) in [4.78, 5) is 25.6. The lowest BCUT2D eigenvalue weighted by Crippen LogP contribution is -2.34. The molecule has 2 atom stereocenters. The Labute approximate surface area is 200 Å². The van der Waals surface area contributed by atoms with Crippen molar-refractivity contribution in [2.75, 3.05) is 12.4 Å². The molecule has 2 aromatic heterocycles. The molecule has 3 N–H and O–H groups in total. The fraction of sp³-hybridized carbons (Fsp3) is 0.231. The molecule has 1 aliphatic carbocycles. The number of benzene rings is 2. The normalized spacial score (nSPS) is 17.5. The van der Waals surface area contributed by atoms with Crippen LogP contribution in [0.3, 0.4) is 0 Å². The number of methoxy groups -OCH3 is 1. The van der Waals surface area contributed by atoms with Gasteiger partial charge < -0.3 is 15.8 Å². The van der Waals surface area contributed by atoms with Crippen LogP contribution < -0.4 is 15.8 Å². The summed E-state index contributed by atoms with van der Waals surface area (Å²) in [6.07, 6.45) is 5.62. The Morgan fingerprint density at radius 1 is 1.11 bits per heavy atom. The highest BCUT2D eigenvalue weighted by Crippen LogP contribution is 2.38. The minimum absolute atomic E-state index is 0.204. The molecule has 0 saturated heterocycles. The molecule has 0 bridgehead atoms. The molecule has 35 heavy (non-hydrogen) atoms. The smallest absolute Gasteiger partial charge is 0.222 e. The Bertz CT molecular complexity index is 1410. The Hall–Kier alpha value is -4.14. The molecule has 1 amide bonds. The van der Waals surface area contributed by atoms with Crippen LogP contribution in [0, 0.1) is 17.6 Å². The molecule has 2 aromatic carbocycles. The molecule has 0 aliphatic heterocycles. The van der Waals surface area contributed by atoms with E-state index in [0.717, 1.165) is 18.9 Å². The summed E-state index contributed by atoms with van der Waals surface area (Å²) in [6, 6.07) is 10.2. The number of amides is 1. The Balaban J connectivity index is 1.72. The first-order valence-corrected chi connectivity index (χ1v) is 11.3. The number of nitrogens with zero attached hydrogens (tertiary/aromatic N) is 3. The number of nitrogens with two attached hydrogens (primary N) is 1. The van der Waals surface area contributed by atoms with Crippen molar-refractivity contribution in [1.29, 1.82) is 0 Å². The monoisotopic (exact) mass is 475 g/mol. The maximum absolute atomic E-state index is 14.6. The van der Waals surface area contributed by atoms with E-state index in [1.165, 1.54) is 19.2 Å². The average Bonchev–Trinajstić information content (AvgIpc) is 3.32. The summed E-state index contributed by atoms with van der Waals surface area (Å²) in [7, 11) is 1.50. The van der Waals surface area contributed by atoms with Crippen LogP contribution in [0.25, 0.3) is 33.4 Å². The lowest BCUT2D eigenvalue weighted by Gasteiger charge is -2.21. The second-order valence-corrected chi connectivity index (χ2v) is 8.53. The summed E-state index contributed by atoms with van der Waals surface area (Å²) in [5, 5.41) is 3.97. The van der Waals surface area contributed by atoms with E-state index < -0.39 is 11.6 Å². The van der Waals surface area contributed by atoms with E-state index in [0.29, 0.717) is 45.8 Å². The van der Waals surface area contributed by atoms with Crippen molar-refractivity contribution in [3.63, 3.8) is 0 Å². The summed E-state index contributed by atoms with van der Waals surface area (Å²) in [5.74, 6) is -0.771.